The third-order valence-electron chi connectivity index (χ3n) is 2.29. The summed E-state index contributed by atoms with van der Waals surface area (Å²) in [5.74, 6) is 0.715. The van der Waals surface area contributed by atoms with Crippen LogP contribution in [0.5, 0.6) is 5.75 Å². The first-order valence-corrected chi connectivity index (χ1v) is 5.08. The van der Waals surface area contributed by atoms with Gasteiger partial charge in [0.25, 0.3) is 0 Å². The number of rotatable bonds is 5. The van der Waals surface area contributed by atoms with Gasteiger partial charge in [0.1, 0.15) is 5.75 Å². The van der Waals surface area contributed by atoms with Crippen molar-refractivity contribution < 1.29 is 14.3 Å². The lowest BCUT2D eigenvalue weighted by Gasteiger charge is -2.16. The topological polar surface area (TPSA) is 47.6 Å². The molecule has 0 spiro atoms. The van der Waals surface area contributed by atoms with Gasteiger partial charge in [0.05, 0.1) is 13.2 Å². The van der Waals surface area contributed by atoms with E-state index in [0.29, 0.717) is 6.54 Å². The van der Waals surface area contributed by atoms with Crippen LogP contribution in [-0.2, 0) is 9.53 Å². The van der Waals surface area contributed by atoms with Crippen molar-refractivity contribution in [2.24, 2.45) is 0 Å². The fourth-order valence-corrected chi connectivity index (χ4v) is 1.42. The fraction of sp³-hybridized carbons (Fsp3) is 0.417. The Hall–Kier alpha value is -1.55. The van der Waals surface area contributed by atoms with Gasteiger partial charge < -0.3 is 14.8 Å². The van der Waals surface area contributed by atoms with Crippen molar-refractivity contribution in [3.05, 3.63) is 29.8 Å². The molecule has 1 N–H and O–H groups in total. The van der Waals surface area contributed by atoms with Gasteiger partial charge in [-0.25, -0.2) is 0 Å². The van der Waals surface area contributed by atoms with E-state index in [2.05, 4.69) is 5.32 Å². The zero-order valence-corrected chi connectivity index (χ0v) is 9.82. The van der Waals surface area contributed by atoms with Crippen LogP contribution in [0.3, 0.4) is 0 Å². The first-order valence-electron chi connectivity index (χ1n) is 5.08. The number of carbonyl (C=O) groups excluding carboxylic acids is 1. The third kappa shape index (κ3) is 3.55. The largest absolute Gasteiger partial charge is 0.497 e. The highest BCUT2D eigenvalue weighted by atomic mass is 16.5. The number of nitrogens with one attached hydrogen (secondary N) is 1. The predicted octanol–water partition coefficient (Wildman–Crippen LogP) is 1.52. The molecule has 0 aliphatic heterocycles. The second-order valence-electron chi connectivity index (χ2n) is 3.44. The first-order chi connectivity index (χ1) is 7.67. The summed E-state index contributed by atoms with van der Waals surface area (Å²) >= 11 is 0. The highest BCUT2D eigenvalue weighted by molar-refractivity contribution is 5.72. The standard InChI is InChI=1S/C12H17NO3/c1-9(14)13-8-12(16-3)10-5-4-6-11(7-10)15-2/h4-7,12H,8H2,1-3H3,(H,13,14)/t12-/m1/s1. The Bertz CT molecular complexity index is 352. The molecule has 16 heavy (non-hydrogen) atoms. The zero-order valence-electron chi connectivity index (χ0n) is 9.82. The molecule has 4 nitrogen and oxygen atoms in total. The monoisotopic (exact) mass is 223 g/mol. The Morgan fingerprint density at radius 3 is 2.75 bits per heavy atom. The number of benzene rings is 1. The van der Waals surface area contributed by atoms with Crippen molar-refractivity contribution in [3.8, 4) is 5.75 Å². The van der Waals surface area contributed by atoms with Gasteiger partial charge in [0.2, 0.25) is 5.91 Å². The van der Waals surface area contributed by atoms with Crippen LogP contribution in [0.25, 0.3) is 0 Å². The summed E-state index contributed by atoms with van der Waals surface area (Å²) in [5.41, 5.74) is 0.982. The highest BCUT2D eigenvalue weighted by Gasteiger charge is 2.11. The van der Waals surface area contributed by atoms with Gasteiger partial charge >= 0.3 is 0 Å². The summed E-state index contributed by atoms with van der Waals surface area (Å²) < 4.78 is 10.4. The summed E-state index contributed by atoms with van der Waals surface area (Å²) in [7, 11) is 3.24. The quantitative estimate of drug-likeness (QED) is 0.823. The van der Waals surface area contributed by atoms with E-state index < -0.39 is 0 Å². The van der Waals surface area contributed by atoms with Crippen molar-refractivity contribution in [2.75, 3.05) is 20.8 Å². The number of amides is 1. The lowest BCUT2D eigenvalue weighted by atomic mass is 10.1. The van der Waals surface area contributed by atoms with Crippen molar-refractivity contribution >= 4 is 5.91 Å². The molecule has 1 aromatic rings. The molecule has 0 aliphatic rings. The Morgan fingerprint density at radius 1 is 1.44 bits per heavy atom. The van der Waals surface area contributed by atoms with Gasteiger partial charge in [-0.2, -0.15) is 0 Å². The van der Waals surface area contributed by atoms with Gasteiger partial charge in [-0.3, -0.25) is 4.79 Å². The van der Waals surface area contributed by atoms with Crippen LogP contribution in [0, 0.1) is 0 Å². The van der Waals surface area contributed by atoms with Crippen LogP contribution in [0.2, 0.25) is 0 Å². The maximum Gasteiger partial charge on any atom is 0.216 e. The van der Waals surface area contributed by atoms with Gasteiger partial charge in [-0.1, -0.05) is 12.1 Å². The maximum absolute atomic E-state index is 10.8. The average molecular weight is 223 g/mol. The summed E-state index contributed by atoms with van der Waals surface area (Å²) in [4.78, 5) is 10.8. The molecule has 88 valence electrons. The van der Waals surface area contributed by atoms with E-state index in [1.165, 1.54) is 6.92 Å². The molecule has 0 bridgehead atoms. The average Bonchev–Trinajstić information content (AvgIpc) is 2.30. The van der Waals surface area contributed by atoms with Gasteiger partial charge in [0, 0.05) is 20.6 Å². The van der Waals surface area contributed by atoms with Gasteiger partial charge in [0.15, 0.2) is 0 Å². The van der Waals surface area contributed by atoms with Gasteiger partial charge in [-0.15, -0.1) is 0 Å². The summed E-state index contributed by atoms with van der Waals surface area (Å²) in [6.07, 6.45) is -0.154. The molecular weight excluding hydrogens is 206 g/mol. The minimum atomic E-state index is -0.154. The molecule has 0 heterocycles. The van der Waals surface area contributed by atoms with E-state index in [1.54, 1.807) is 14.2 Å². The molecule has 1 rings (SSSR count). The minimum Gasteiger partial charge on any atom is -0.497 e. The van der Waals surface area contributed by atoms with E-state index in [1.807, 2.05) is 24.3 Å². The predicted molar refractivity (Wildman–Crippen MR) is 61.4 cm³/mol. The molecular formula is C12H17NO3. The second kappa shape index (κ2) is 6.12. The molecule has 1 atom stereocenters. The minimum absolute atomic E-state index is 0.0649. The Kier molecular flexibility index (Phi) is 4.79. The number of hydrogen-bond donors (Lipinski definition) is 1. The van der Waals surface area contributed by atoms with Crippen LogP contribution >= 0.6 is 0 Å². The van der Waals surface area contributed by atoms with E-state index in [-0.39, 0.29) is 12.0 Å². The molecule has 0 unspecified atom stereocenters. The molecule has 0 fully saturated rings. The van der Waals surface area contributed by atoms with Crippen LogP contribution in [0.4, 0.5) is 0 Å². The maximum atomic E-state index is 10.8. The number of carbonyl (C=O) groups is 1. The van der Waals surface area contributed by atoms with Gasteiger partial charge in [-0.05, 0) is 17.7 Å². The Balaban J connectivity index is 2.73. The molecule has 0 saturated heterocycles. The fourth-order valence-electron chi connectivity index (χ4n) is 1.42. The summed E-state index contributed by atoms with van der Waals surface area (Å²) in [6.45, 7) is 1.94. The van der Waals surface area contributed by atoms with Crippen molar-refractivity contribution in [1.82, 2.24) is 5.32 Å². The van der Waals surface area contributed by atoms with E-state index in [9.17, 15) is 4.79 Å². The SMILES string of the molecule is COc1cccc([C@@H](CNC(C)=O)OC)c1. The third-order valence-corrected chi connectivity index (χ3v) is 2.29. The van der Waals surface area contributed by atoms with Crippen LogP contribution < -0.4 is 10.1 Å². The summed E-state index contributed by atoms with van der Waals surface area (Å²) in [6, 6.07) is 7.61. The smallest absolute Gasteiger partial charge is 0.216 e. The van der Waals surface area contributed by atoms with Crippen molar-refractivity contribution in [1.29, 1.82) is 0 Å². The molecule has 0 saturated carbocycles. The molecule has 1 amide bonds. The molecule has 1 aromatic carbocycles. The lowest BCUT2D eigenvalue weighted by Crippen LogP contribution is -2.26. The van der Waals surface area contributed by atoms with Crippen molar-refractivity contribution in [3.63, 3.8) is 0 Å². The second-order valence-corrected chi connectivity index (χ2v) is 3.44. The van der Waals surface area contributed by atoms with E-state index in [0.717, 1.165) is 11.3 Å². The first kappa shape index (κ1) is 12.5. The zero-order chi connectivity index (χ0) is 12.0. The van der Waals surface area contributed by atoms with E-state index in [4.69, 9.17) is 9.47 Å². The summed E-state index contributed by atoms with van der Waals surface area (Å²) in [5, 5.41) is 2.73. The highest BCUT2D eigenvalue weighted by Crippen LogP contribution is 2.20. The van der Waals surface area contributed by atoms with E-state index >= 15 is 0 Å². The normalized spacial score (nSPS) is 11.9. The van der Waals surface area contributed by atoms with Crippen LogP contribution in [0.15, 0.2) is 24.3 Å². The Labute approximate surface area is 95.6 Å². The molecule has 0 aromatic heterocycles. The van der Waals surface area contributed by atoms with Crippen LogP contribution in [0.1, 0.15) is 18.6 Å². The number of ether oxygens (including phenoxy) is 2. The molecule has 0 aliphatic carbocycles. The number of methoxy groups -OCH3 is 2. The lowest BCUT2D eigenvalue weighted by molar-refractivity contribution is -0.119. The molecule has 0 radical (unpaired) electrons. The Morgan fingerprint density at radius 2 is 2.19 bits per heavy atom. The van der Waals surface area contributed by atoms with Crippen molar-refractivity contribution in [2.45, 2.75) is 13.0 Å². The number of hydrogen-bond acceptors (Lipinski definition) is 3. The molecule has 4 heteroatoms. The van der Waals surface area contributed by atoms with Crippen LogP contribution in [-0.4, -0.2) is 26.7 Å².